The van der Waals surface area contributed by atoms with Crippen LogP contribution in [0.4, 0.5) is 0 Å². The Morgan fingerprint density at radius 2 is 2.10 bits per heavy atom. The predicted octanol–water partition coefficient (Wildman–Crippen LogP) is 3.33. The van der Waals surface area contributed by atoms with Crippen LogP contribution in [0.2, 0.25) is 0 Å². The van der Waals surface area contributed by atoms with Crippen LogP contribution in [0.25, 0.3) is 10.2 Å². The lowest BCUT2D eigenvalue weighted by Gasteiger charge is -2.23. The van der Waals surface area contributed by atoms with Crippen molar-refractivity contribution >= 4 is 21.6 Å². The van der Waals surface area contributed by atoms with E-state index in [2.05, 4.69) is 26.0 Å². The van der Waals surface area contributed by atoms with Gasteiger partial charge in [0.1, 0.15) is 30.2 Å². The first-order valence-corrected chi connectivity index (χ1v) is 11.4. The summed E-state index contributed by atoms with van der Waals surface area (Å²) >= 11 is 1.84. The molecule has 5 nitrogen and oxygen atoms in total. The van der Waals surface area contributed by atoms with Crippen molar-refractivity contribution in [3.8, 4) is 11.6 Å². The molecule has 1 atom stereocenters. The maximum absolute atomic E-state index is 6.38. The molecule has 0 unspecified atom stereocenters. The molecule has 5 rings (SSSR count). The summed E-state index contributed by atoms with van der Waals surface area (Å²) in [4.78, 5) is 14.0. The van der Waals surface area contributed by atoms with Crippen LogP contribution >= 0.6 is 11.3 Å². The van der Waals surface area contributed by atoms with Crippen LogP contribution in [0.1, 0.15) is 35.2 Å². The van der Waals surface area contributed by atoms with Gasteiger partial charge in [-0.15, -0.1) is 11.3 Å². The van der Waals surface area contributed by atoms with Crippen molar-refractivity contribution in [2.45, 2.75) is 39.7 Å². The topological polar surface area (TPSA) is 48.7 Å². The molecule has 3 aromatic rings. The Bertz CT molecular complexity index is 1030. The van der Waals surface area contributed by atoms with Gasteiger partial charge in [-0.1, -0.05) is 19.1 Å². The first-order valence-electron chi connectivity index (χ1n) is 10.6. The standard InChI is InChI=1S/C23H27N3O2S/c1-15-4-3-5-17(12-15)28-22-21-18-7-6-16(2)13-19(18)29-23(21)25-20(24-22)14-26-8-10-27-11-9-26/h3-5,12,16H,6-11,13-14H2,1-2H3/p+1/t16-/m1/s1. The average molecular weight is 411 g/mol. The van der Waals surface area contributed by atoms with Crippen molar-refractivity contribution in [3.05, 3.63) is 46.1 Å². The van der Waals surface area contributed by atoms with Crippen LogP contribution in [-0.4, -0.2) is 36.3 Å². The van der Waals surface area contributed by atoms with E-state index in [0.717, 1.165) is 79.3 Å². The van der Waals surface area contributed by atoms with E-state index in [-0.39, 0.29) is 0 Å². The Morgan fingerprint density at radius 3 is 2.93 bits per heavy atom. The third-order valence-corrected chi connectivity index (χ3v) is 7.13. The second-order valence-corrected chi connectivity index (χ2v) is 9.52. The van der Waals surface area contributed by atoms with Gasteiger partial charge in [0.15, 0.2) is 5.82 Å². The second kappa shape index (κ2) is 8.01. The quantitative estimate of drug-likeness (QED) is 0.717. The van der Waals surface area contributed by atoms with Gasteiger partial charge in [0.2, 0.25) is 5.88 Å². The Balaban J connectivity index is 1.56. The number of morpholine rings is 1. The van der Waals surface area contributed by atoms with Crippen LogP contribution in [0.5, 0.6) is 11.6 Å². The highest BCUT2D eigenvalue weighted by atomic mass is 32.1. The summed E-state index contributed by atoms with van der Waals surface area (Å²) in [6.07, 6.45) is 3.46. The summed E-state index contributed by atoms with van der Waals surface area (Å²) in [5.41, 5.74) is 2.60. The molecule has 1 aliphatic heterocycles. The molecular formula is C23H28N3O2S+. The highest BCUT2D eigenvalue weighted by molar-refractivity contribution is 7.18. The molecule has 0 saturated carbocycles. The van der Waals surface area contributed by atoms with E-state index in [1.165, 1.54) is 27.3 Å². The highest BCUT2D eigenvalue weighted by Crippen LogP contribution is 2.41. The largest absolute Gasteiger partial charge is 0.438 e. The van der Waals surface area contributed by atoms with Crippen molar-refractivity contribution < 1.29 is 14.4 Å². The minimum atomic E-state index is 0.732. The molecule has 0 amide bonds. The van der Waals surface area contributed by atoms with Gasteiger partial charge >= 0.3 is 0 Å². The van der Waals surface area contributed by atoms with Crippen LogP contribution in [0, 0.1) is 12.8 Å². The monoisotopic (exact) mass is 410 g/mol. The fourth-order valence-corrected chi connectivity index (χ4v) is 5.75. The number of aryl methyl sites for hydroxylation is 2. The Kier molecular flexibility index (Phi) is 5.24. The van der Waals surface area contributed by atoms with Gasteiger partial charge in [0.25, 0.3) is 0 Å². The van der Waals surface area contributed by atoms with Crippen LogP contribution in [0.15, 0.2) is 24.3 Å². The molecule has 1 saturated heterocycles. The number of aromatic nitrogens is 2. The summed E-state index contributed by atoms with van der Waals surface area (Å²) in [6.45, 7) is 8.90. The molecule has 1 aliphatic carbocycles. The summed E-state index contributed by atoms with van der Waals surface area (Å²) < 4.78 is 11.9. The molecule has 29 heavy (non-hydrogen) atoms. The number of hydrogen-bond donors (Lipinski definition) is 1. The molecule has 152 valence electrons. The lowest BCUT2D eigenvalue weighted by Crippen LogP contribution is -3.12. The smallest absolute Gasteiger partial charge is 0.231 e. The Morgan fingerprint density at radius 1 is 1.24 bits per heavy atom. The molecule has 1 N–H and O–H groups in total. The van der Waals surface area contributed by atoms with Crippen molar-refractivity contribution in [1.29, 1.82) is 0 Å². The summed E-state index contributed by atoms with van der Waals surface area (Å²) in [5.74, 6) is 3.19. The van der Waals surface area contributed by atoms with E-state index in [4.69, 9.17) is 19.4 Å². The zero-order valence-corrected chi connectivity index (χ0v) is 18.0. The number of ether oxygens (including phenoxy) is 2. The van der Waals surface area contributed by atoms with E-state index in [1.807, 2.05) is 23.5 Å². The maximum Gasteiger partial charge on any atom is 0.231 e. The molecule has 0 bridgehead atoms. The first-order chi connectivity index (χ1) is 14.2. The predicted molar refractivity (Wildman–Crippen MR) is 115 cm³/mol. The summed E-state index contributed by atoms with van der Waals surface area (Å²) in [6, 6.07) is 8.20. The summed E-state index contributed by atoms with van der Waals surface area (Å²) in [5, 5.41) is 1.14. The molecule has 1 aromatic carbocycles. The molecule has 2 aromatic heterocycles. The lowest BCUT2D eigenvalue weighted by atomic mass is 9.89. The molecule has 6 heteroatoms. The van der Waals surface area contributed by atoms with Gasteiger partial charge in [0, 0.05) is 4.88 Å². The number of nitrogens with zero attached hydrogens (tertiary/aromatic N) is 2. The SMILES string of the molecule is Cc1cccc(Oc2nc(C[NH+]3CCOCC3)nc3sc4c(c23)CC[C@@H](C)C4)c1. The number of rotatable bonds is 4. The fraction of sp³-hybridized carbons (Fsp3) is 0.478. The minimum Gasteiger partial charge on any atom is -0.438 e. The molecule has 0 radical (unpaired) electrons. The van der Waals surface area contributed by atoms with E-state index < -0.39 is 0 Å². The number of benzene rings is 1. The van der Waals surface area contributed by atoms with Gasteiger partial charge in [-0.25, -0.2) is 4.98 Å². The van der Waals surface area contributed by atoms with Gasteiger partial charge < -0.3 is 14.4 Å². The number of quaternary nitrogens is 1. The third kappa shape index (κ3) is 4.02. The van der Waals surface area contributed by atoms with E-state index >= 15 is 0 Å². The van der Waals surface area contributed by atoms with E-state index in [0.29, 0.717) is 0 Å². The normalized spacial score (nSPS) is 20.0. The van der Waals surface area contributed by atoms with Gasteiger partial charge in [-0.3, -0.25) is 0 Å². The van der Waals surface area contributed by atoms with E-state index in [1.54, 1.807) is 0 Å². The molecule has 0 spiro atoms. The van der Waals surface area contributed by atoms with Crippen LogP contribution in [-0.2, 0) is 24.1 Å². The second-order valence-electron chi connectivity index (χ2n) is 8.43. The molecule has 1 fully saturated rings. The summed E-state index contributed by atoms with van der Waals surface area (Å²) in [7, 11) is 0. The average Bonchev–Trinajstić information content (AvgIpc) is 3.06. The van der Waals surface area contributed by atoms with Crippen molar-refractivity contribution in [3.63, 3.8) is 0 Å². The Labute approximate surface area is 175 Å². The minimum absolute atomic E-state index is 0.732. The number of thiophene rings is 1. The van der Waals surface area contributed by atoms with Crippen molar-refractivity contribution in [2.24, 2.45) is 5.92 Å². The maximum atomic E-state index is 6.38. The first kappa shape index (κ1) is 19.0. The number of hydrogen-bond acceptors (Lipinski definition) is 5. The van der Waals surface area contributed by atoms with Crippen LogP contribution < -0.4 is 9.64 Å². The zero-order chi connectivity index (χ0) is 19.8. The highest BCUT2D eigenvalue weighted by Gasteiger charge is 2.26. The molecular weight excluding hydrogens is 382 g/mol. The molecule has 2 aliphatic rings. The van der Waals surface area contributed by atoms with Crippen molar-refractivity contribution in [1.82, 2.24) is 9.97 Å². The van der Waals surface area contributed by atoms with Gasteiger partial charge in [-0.05, 0) is 55.4 Å². The number of nitrogens with one attached hydrogen (secondary N) is 1. The number of fused-ring (bicyclic) bond motifs is 3. The third-order valence-electron chi connectivity index (χ3n) is 5.98. The molecule has 3 heterocycles. The van der Waals surface area contributed by atoms with Crippen molar-refractivity contribution in [2.75, 3.05) is 26.3 Å². The zero-order valence-electron chi connectivity index (χ0n) is 17.2. The van der Waals surface area contributed by atoms with Gasteiger partial charge in [-0.2, -0.15) is 4.98 Å². The fourth-order valence-electron chi connectivity index (χ4n) is 4.35. The van der Waals surface area contributed by atoms with E-state index in [9.17, 15) is 0 Å². The lowest BCUT2D eigenvalue weighted by molar-refractivity contribution is -0.922. The van der Waals surface area contributed by atoms with Gasteiger partial charge in [0.05, 0.1) is 18.6 Å². The Hall–Kier alpha value is -2.02. The van der Waals surface area contributed by atoms with Crippen LogP contribution in [0.3, 0.4) is 0 Å².